The summed E-state index contributed by atoms with van der Waals surface area (Å²) in [5.41, 5.74) is 2.70. The van der Waals surface area contributed by atoms with Crippen LogP contribution >= 0.6 is 11.6 Å². The second-order valence-electron chi connectivity index (χ2n) is 3.41. The molecule has 6 heteroatoms. The highest BCUT2D eigenvalue weighted by molar-refractivity contribution is 6.33. The predicted octanol–water partition coefficient (Wildman–Crippen LogP) is 1.58. The van der Waals surface area contributed by atoms with Crippen LogP contribution in [0.2, 0.25) is 5.02 Å². The molecule has 2 amide bonds. The SMILES string of the molecule is C/C=N/NC(=O)CCNC(=O)c1ccccc1Cl. The van der Waals surface area contributed by atoms with Gasteiger partial charge in [-0.1, -0.05) is 23.7 Å². The molecular weight excluding hydrogens is 254 g/mol. The molecule has 96 valence electrons. The Kier molecular flexibility index (Phi) is 5.87. The Hall–Kier alpha value is -1.88. The normalized spacial score (nSPS) is 10.3. The molecule has 1 rings (SSSR count). The number of halogens is 1. The van der Waals surface area contributed by atoms with E-state index < -0.39 is 0 Å². The lowest BCUT2D eigenvalue weighted by molar-refractivity contribution is -0.120. The average molecular weight is 268 g/mol. The van der Waals surface area contributed by atoms with Gasteiger partial charge in [-0.2, -0.15) is 5.10 Å². The number of nitrogens with one attached hydrogen (secondary N) is 2. The molecule has 0 saturated heterocycles. The quantitative estimate of drug-likeness (QED) is 0.628. The van der Waals surface area contributed by atoms with Gasteiger partial charge in [0.15, 0.2) is 0 Å². The highest BCUT2D eigenvalue weighted by Crippen LogP contribution is 2.14. The lowest BCUT2D eigenvalue weighted by Gasteiger charge is -2.05. The number of benzene rings is 1. The molecule has 0 fully saturated rings. The Bertz CT molecular complexity index is 460. The Labute approximate surface area is 110 Å². The summed E-state index contributed by atoms with van der Waals surface area (Å²) in [6, 6.07) is 6.73. The standard InChI is InChI=1S/C12H14ClN3O2/c1-2-15-16-11(17)7-8-14-12(18)9-5-3-4-6-10(9)13/h2-6H,7-8H2,1H3,(H,14,18)(H,16,17)/b15-2+. The van der Waals surface area contributed by atoms with Crippen molar-refractivity contribution < 1.29 is 9.59 Å². The van der Waals surface area contributed by atoms with E-state index in [2.05, 4.69) is 15.8 Å². The highest BCUT2D eigenvalue weighted by atomic mass is 35.5. The number of amides is 2. The van der Waals surface area contributed by atoms with Gasteiger partial charge in [-0.15, -0.1) is 0 Å². The Morgan fingerprint density at radius 3 is 2.78 bits per heavy atom. The molecule has 18 heavy (non-hydrogen) atoms. The first-order chi connectivity index (χ1) is 8.65. The molecule has 0 aliphatic heterocycles. The number of rotatable bonds is 5. The second kappa shape index (κ2) is 7.45. The van der Waals surface area contributed by atoms with E-state index in [0.29, 0.717) is 10.6 Å². The molecular formula is C12H14ClN3O2. The summed E-state index contributed by atoms with van der Waals surface area (Å²) in [6.07, 6.45) is 1.63. The van der Waals surface area contributed by atoms with E-state index in [1.165, 1.54) is 6.21 Å². The van der Waals surface area contributed by atoms with E-state index in [1.807, 2.05) is 0 Å². The van der Waals surface area contributed by atoms with Gasteiger partial charge in [0.05, 0.1) is 10.6 Å². The minimum absolute atomic E-state index is 0.160. The van der Waals surface area contributed by atoms with E-state index in [-0.39, 0.29) is 24.8 Å². The molecule has 1 aromatic carbocycles. The molecule has 0 radical (unpaired) electrons. The van der Waals surface area contributed by atoms with Crippen molar-refractivity contribution in [3.05, 3.63) is 34.9 Å². The molecule has 1 aromatic rings. The third kappa shape index (κ3) is 4.55. The molecule has 0 atom stereocenters. The molecule has 0 unspecified atom stereocenters. The fourth-order valence-electron chi connectivity index (χ4n) is 1.22. The molecule has 0 bridgehead atoms. The summed E-state index contributed by atoms with van der Waals surface area (Å²) in [5.74, 6) is -0.556. The van der Waals surface area contributed by atoms with Crippen LogP contribution in [0.3, 0.4) is 0 Å². The van der Waals surface area contributed by atoms with Crippen LogP contribution in [-0.2, 0) is 4.79 Å². The first-order valence-corrected chi connectivity index (χ1v) is 5.82. The minimum atomic E-state index is -0.299. The maximum atomic E-state index is 11.7. The third-order valence-corrected chi connectivity index (χ3v) is 2.40. The van der Waals surface area contributed by atoms with Gasteiger partial charge in [-0.25, -0.2) is 5.43 Å². The summed E-state index contributed by atoms with van der Waals surface area (Å²) in [5, 5.41) is 6.58. The van der Waals surface area contributed by atoms with Crippen LogP contribution in [0.1, 0.15) is 23.7 Å². The summed E-state index contributed by atoms with van der Waals surface area (Å²) in [6.45, 7) is 1.93. The Balaban J connectivity index is 2.38. The second-order valence-corrected chi connectivity index (χ2v) is 3.82. The van der Waals surface area contributed by atoms with Crippen LogP contribution in [0, 0.1) is 0 Å². The zero-order valence-corrected chi connectivity index (χ0v) is 10.7. The fraction of sp³-hybridized carbons (Fsp3) is 0.250. The van der Waals surface area contributed by atoms with E-state index in [9.17, 15) is 9.59 Å². The zero-order chi connectivity index (χ0) is 13.4. The van der Waals surface area contributed by atoms with Crippen LogP contribution in [0.25, 0.3) is 0 Å². The van der Waals surface area contributed by atoms with Crippen molar-refractivity contribution in [1.82, 2.24) is 10.7 Å². The van der Waals surface area contributed by atoms with Crippen molar-refractivity contribution in [3.8, 4) is 0 Å². The van der Waals surface area contributed by atoms with Gasteiger partial charge < -0.3 is 5.32 Å². The number of carbonyl (C=O) groups excluding carboxylic acids is 2. The van der Waals surface area contributed by atoms with Crippen LogP contribution in [0.5, 0.6) is 0 Å². The van der Waals surface area contributed by atoms with Crippen molar-refractivity contribution in [2.75, 3.05) is 6.54 Å². The minimum Gasteiger partial charge on any atom is -0.351 e. The lowest BCUT2D eigenvalue weighted by atomic mass is 10.2. The van der Waals surface area contributed by atoms with Crippen LogP contribution < -0.4 is 10.7 Å². The smallest absolute Gasteiger partial charge is 0.252 e. The van der Waals surface area contributed by atoms with E-state index in [0.717, 1.165) is 0 Å². The predicted molar refractivity (Wildman–Crippen MR) is 70.7 cm³/mol. The summed E-state index contributed by atoms with van der Waals surface area (Å²) in [4.78, 5) is 22.9. The maximum absolute atomic E-state index is 11.7. The van der Waals surface area contributed by atoms with Crippen LogP contribution in [0.15, 0.2) is 29.4 Å². The average Bonchev–Trinajstić information content (AvgIpc) is 2.36. The van der Waals surface area contributed by atoms with Crippen LogP contribution in [-0.4, -0.2) is 24.6 Å². The number of nitrogens with zero attached hydrogens (tertiary/aromatic N) is 1. The fourth-order valence-corrected chi connectivity index (χ4v) is 1.44. The van der Waals surface area contributed by atoms with Crippen LogP contribution in [0.4, 0.5) is 0 Å². The van der Waals surface area contributed by atoms with Gasteiger partial charge in [-0.05, 0) is 19.1 Å². The summed E-state index contributed by atoms with van der Waals surface area (Å²) < 4.78 is 0. The first-order valence-electron chi connectivity index (χ1n) is 5.44. The summed E-state index contributed by atoms with van der Waals surface area (Å²) in [7, 11) is 0. The zero-order valence-electron chi connectivity index (χ0n) is 9.94. The highest BCUT2D eigenvalue weighted by Gasteiger charge is 2.09. The van der Waals surface area contributed by atoms with Gasteiger partial charge in [0.2, 0.25) is 5.91 Å². The van der Waals surface area contributed by atoms with Crippen molar-refractivity contribution >= 4 is 29.6 Å². The summed E-state index contributed by atoms with van der Waals surface area (Å²) >= 11 is 5.87. The van der Waals surface area contributed by atoms with Gasteiger partial charge in [-0.3, -0.25) is 9.59 Å². The van der Waals surface area contributed by atoms with E-state index in [1.54, 1.807) is 31.2 Å². The molecule has 0 aliphatic carbocycles. The van der Waals surface area contributed by atoms with Crippen molar-refractivity contribution in [1.29, 1.82) is 0 Å². The molecule has 0 spiro atoms. The number of hydrazone groups is 1. The molecule has 0 aromatic heterocycles. The van der Waals surface area contributed by atoms with Gasteiger partial charge in [0.1, 0.15) is 0 Å². The topological polar surface area (TPSA) is 70.6 Å². The molecule has 2 N–H and O–H groups in total. The molecule has 0 saturated carbocycles. The number of carbonyl (C=O) groups is 2. The number of hydrogen-bond donors (Lipinski definition) is 2. The molecule has 5 nitrogen and oxygen atoms in total. The number of hydrogen-bond acceptors (Lipinski definition) is 3. The third-order valence-electron chi connectivity index (χ3n) is 2.07. The van der Waals surface area contributed by atoms with Crippen molar-refractivity contribution in [3.63, 3.8) is 0 Å². The van der Waals surface area contributed by atoms with Gasteiger partial charge in [0, 0.05) is 19.2 Å². The van der Waals surface area contributed by atoms with E-state index >= 15 is 0 Å². The Morgan fingerprint density at radius 1 is 1.39 bits per heavy atom. The van der Waals surface area contributed by atoms with Gasteiger partial charge >= 0.3 is 0 Å². The largest absolute Gasteiger partial charge is 0.351 e. The maximum Gasteiger partial charge on any atom is 0.252 e. The van der Waals surface area contributed by atoms with Crippen molar-refractivity contribution in [2.24, 2.45) is 5.10 Å². The van der Waals surface area contributed by atoms with Gasteiger partial charge in [0.25, 0.3) is 5.91 Å². The van der Waals surface area contributed by atoms with E-state index in [4.69, 9.17) is 11.6 Å². The molecule has 0 heterocycles. The first kappa shape index (κ1) is 14.2. The molecule has 0 aliphatic rings. The lowest BCUT2D eigenvalue weighted by Crippen LogP contribution is -2.29. The monoisotopic (exact) mass is 267 g/mol. The Morgan fingerprint density at radius 2 is 2.11 bits per heavy atom. The van der Waals surface area contributed by atoms with Crippen molar-refractivity contribution in [2.45, 2.75) is 13.3 Å².